The monoisotopic (exact) mass is 317 g/mol. The number of hydrogen-bond donors (Lipinski definition) is 2. The number of aliphatic hydroxyl groups is 1. The van der Waals surface area contributed by atoms with E-state index in [0.717, 1.165) is 11.3 Å². The van der Waals surface area contributed by atoms with Crippen molar-refractivity contribution in [3.63, 3.8) is 0 Å². The molecule has 0 aliphatic heterocycles. The van der Waals surface area contributed by atoms with Crippen molar-refractivity contribution in [3.05, 3.63) is 47.3 Å². The molecule has 1 amide bonds. The summed E-state index contributed by atoms with van der Waals surface area (Å²) in [5.41, 5.74) is 2.28. The van der Waals surface area contributed by atoms with Crippen molar-refractivity contribution in [3.8, 4) is 5.75 Å². The summed E-state index contributed by atoms with van der Waals surface area (Å²) in [6.45, 7) is 4.61. The Morgan fingerprint density at radius 2 is 2.13 bits per heavy atom. The van der Waals surface area contributed by atoms with Crippen molar-refractivity contribution in [2.24, 2.45) is 7.05 Å². The smallest absolute Gasteiger partial charge is 0.269 e. The molecule has 0 fully saturated rings. The molecule has 0 saturated carbocycles. The minimum absolute atomic E-state index is 0.0479. The number of aromatic nitrogens is 2. The number of carbonyl (C=O) groups is 1. The predicted octanol–water partition coefficient (Wildman–Crippen LogP) is 1.84. The van der Waals surface area contributed by atoms with Crippen LogP contribution in [-0.2, 0) is 13.6 Å². The molecule has 0 unspecified atom stereocenters. The molecule has 6 heteroatoms. The summed E-state index contributed by atoms with van der Waals surface area (Å²) in [4.78, 5) is 12.3. The van der Waals surface area contributed by atoms with E-state index in [1.807, 2.05) is 44.2 Å². The Morgan fingerprint density at radius 3 is 2.78 bits per heavy atom. The van der Waals surface area contributed by atoms with Gasteiger partial charge in [-0.1, -0.05) is 32.0 Å². The molecule has 2 aromatic rings. The Bertz CT molecular complexity index is 665. The van der Waals surface area contributed by atoms with Gasteiger partial charge in [0.05, 0.1) is 12.3 Å². The van der Waals surface area contributed by atoms with Crippen LogP contribution in [0, 0.1) is 0 Å². The average Bonchev–Trinajstić information content (AvgIpc) is 2.93. The summed E-state index contributed by atoms with van der Waals surface area (Å²) in [6.07, 6.45) is 0. The largest absolute Gasteiger partial charge is 0.491 e. The number of nitrogens with zero attached hydrogens (tertiary/aromatic N) is 2. The Kier molecular flexibility index (Phi) is 5.76. The van der Waals surface area contributed by atoms with Gasteiger partial charge >= 0.3 is 0 Å². The second kappa shape index (κ2) is 7.78. The van der Waals surface area contributed by atoms with Crippen LogP contribution >= 0.6 is 0 Å². The van der Waals surface area contributed by atoms with E-state index in [4.69, 9.17) is 9.84 Å². The molecule has 0 aliphatic carbocycles. The zero-order valence-corrected chi connectivity index (χ0v) is 13.7. The number of nitrogens with one attached hydrogen (secondary N) is 1. The number of carbonyl (C=O) groups excluding carboxylic acids is 1. The lowest BCUT2D eigenvalue weighted by atomic mass is 10.1. The number of para-hydroxylation sites is 1. The lowest BCUT2D eigenvalue weighted by Crippen LogP contribution is -2.25. The van der Waals surface area contributed by atoms with Crippen molar-refractivity contribution in [1.29, 1.82) is 0 Å². The van der Waals surface area contributed by atoms with E-state index in [9.17, 15) is 4.79 Å². The zero-order valence-electron chi connectivity index (χ0n) is 13.7. The van der Waals surface area contributed by atoms with Gasteiger partial charge in [0, 0.05) is 19.2 Å². The van der Waals surface area contributed by atoms with Crippen LogP contribution in [0.2, 0.25) is 0 Å². The maximum atomic E-state index is 12.3. The second-order valence-electron chi connectivity index (χ2n) is 5.60. The molecule has 23 heavy (non-hydrogen) atoms. The third kappa shape index (κ3) is 4.32. The molecule has 2 rings (SSSR count). The van der Waals surface area contributed by atoms with Crippen LogP contribution in [0.5, 0.6) is 5.75 Å². The topological polar surface area (TPSA) is 76.4 Å². The predicted molar refractivity (Wildman–Crippen MR) is 87.5 cm³/mol. The first-order chi connectivity index (χ1) is 11.0. The van der Waals surface area contributed by atoms with Gasteiger partial charge in [0.2, 0.25) is 0 Å². The van der Waals surface area contributed by atoms with E-state index in [2.05, 4.69) is 10.4 Å². The van der Waals surface area contributed by atoms with Gasteiger partial charge in [0.15, 0.2) is 0 Å². The van der Waals surface area contributed by atoms with Crippen LogP contribution in [0.15, 0.2) is 30.3 Å². The van der Waals surface area contributed by atoms with Crippen molar-refractivity contribution >= 4 is 5.91 Å². The molecule has 0 atom stereocenters. The maximum Gasteiger partial charge on any atom is 0.269 e. The van der Waals surface area contributed by atoms with Crippen LogP contribution in [0.1, 0.15) is 41.5 Å². The lowest BCUT2D eigenvalue weighted by Gasteiger charge is -2.11. The van der Waals surface area contributed by atoms with E-state index >= 15 is 0 Å². The van der Waals surface area contributed by atoms with Crippen LogP contribution in [0.3, 0.4) is 0 Å². The highest BCUT2D eigenvalue weighted by atomic mass is 16.5. The van der Waals surface area contributed by atoms with Crippen molar-refractivity contribution in [2.45, 2.75) is 26.3 Å². The maximum absolute atomic E-state index is 12.3. The van der Waals surface area contributed by atoms with Gasteiger partial charge in [-0.3, -0.25) is 9.48 Å². The van der Waals surface area contributed by atoms with Crippen molar-refractivity contribution in [1.82, 2.24) is 15.1 Å². The van der Waals surface area contributed by atoms with Crippen LogP contribution in [0.25, 0.3) is 0 Å². The van der Waals surface area contributed by atoms with Crippen molar-refractivity contribution in [2.75, 3.05) is 13.2 Å². The lowest BCUT2D eigenvalue weighted by molar-refractivity contribution is 0.0941. The van der Waals surface area contributed by atoms with Gasteiger partial charge in [-0.05, 0) is 18.1 Å². The van der Waals surface area contributed by atoms with E-state index in [0.29, 0.717) is 18.0 Å². The summed E-state index contributed by atoms with van der Waals surface area (Å²) >= 11 is 0. The van der Waals surface area contributed by atoms with Gasteiger partial charge in [0.1, 0.15) is 18.1 Å². The number of amides is 1. The van der Waals surface area contributed by atoms with Gasteiger partial charge in [-0.15, -0.1) is 0 Å². The van der Waals surface area contributed by atoms with E-state index in [-0.39, 0.29) is 25.0 Å². The highest BCUT2D eigenvalue weighted by molar-refractivity contribution is 5.92. The molecule has 0 bridgehead atoms. The van der Waals surface area contributed by atoms with Crippen LogP contribution in [0.4, 0.5) is 0 Å². The molecule has 1 aromatic heterocycles. The van der Waals surface area contributed by atoms with Crippen LogP contribution < -0.4 is 10.1 Å². The average molecular weight is 317 g/mol. The Balaban J connectivity index is 2.05. The highest BCUT2D eigenvalue weighted by Gasteiger charge is 2.15. The standard InChI is InChI=1S/C17H23N3O3/c1-12(2)14-10-15(20(3)19-14)17(22)18-11-13-6-4-5-7-16(13)23-9-8-21/h4-7,10,12,21H,8-9,11H2,1-3H3,(H,18,22). The number of ether oxygens (including phenoxy) is 1. The third-order valence-electron chi connectivity index (χ3n) is 3.48. The van der Waals surface area contributed by atoms with Crippen molar-refractivity contribution < 1.29 is 14.6 Å². The highest BCUT2D eigenvalue weighted by Crippen LogP contribution is 2.18. The first-order valence-corrected chi connectivity index (χ1v) is 7.66. The number of rotatable bonds is 7. The fourth-order valence-corrected chi connectivity index (χ4v) is 2.20. The molecule has 0 radical (unpaired) electrons. The molecule has 6 nitrogen and oxygen atoms in total. The fraction of sp³-hybridized carbons (Fsp3) is 0.412. The minimum Gasteiger partial charge on any atom is -0.491 e. The molecule has 0 saturated heterocycles. The third-order valence-corrected chi connectivity index (χ3v) is 3.48. The number of aryl methyl sites for hydroxylation is 1. The molecular formula is C17H23N3O3. The summed E-state index contributed by atoms with van der Waals surface area (Å²) in [6, 6.07) is 9.25. The molecule has 1 heterocycles. The van der Waals surface area contributed by atoms with E-state index < -0.39 is 0 Å². The summed E-state index contributed by atoms with van der Waals surface area (Å²) in [5.74, 6) is 0.758. The van der Waals surface area contributed by atoms with E-state index in [1.165, 1.54) is 0 Å². The van der Waals surface area contributed by atoms with Crippen LogP contribution in [-0.4, -0.2) is 34.0 Å². The Hall–Kier alpha value is -2.34. The Labute approximate surface area is 136 Å². The number of benzene rings is 1. The summed E-state index contributed by atoms with van der Waals surface area (Å²) in [5, 5.41) is 16.1. The van der Waals surface area contributed by atoms with Gasteiger partial charge in [-0.2, -0.15) is 5.10 Å². The molecule has 1 aromatic carbocycles. The second-order valence-corrected chi connectivity index (χ2v) is 5.60. The Morgan fingerprint density at radius 1 is 1.39 bits per heavy atom. The molecule has 2 N–H and O–H groups in total. The van der Waals surface area contributed by atoms with E-state index in [1.54, 1.807) is 11.7 Å². The van der Waals surface area contributed by atoms with Gasteiger partial charge in [0.25, 0.3) is 5.91 Å². The minimum atomic E-state index is -0.177. The quantitative estimate of drug-likeness (QED) is 0.817. The SMILES string of the molecule is CC(C)c1cc(C(=O)NCc2ccccc2OCCO)n(C)n1. The number of hydrogen-bond acceptors (Lipinski definition) is 4. The molecular weight excluding hydrogens is 294 g/mol. The summed E-state index contributed by atoms with van der Waals surface area (Å²) in [7, 11) is 1.76. The number of aliphatic hydroxyl groups excluding tert-OH is 1. The summed E-state index contributed by atoms with van der Waals surface area (Å²) < 4.78 is 7.06. The normalized spacial score (nSPS) is 10.8. The van der Waals surface area contributed by atoms with Gasteiger partial charge in [-0.25, -0.2) is 0 Å². The first-order valence-electron chi connectivity index (χ1n) is 7.66. The molecule has 0 spiro atoms. The zero-order chi connectivity index (χ0) is 16.8. The molecule has 124 valence electrons. The first kappa shape index (κ1) is 17.0. The van der Waals surface area contributed by atoms with Gasteiger partial charge < -0.3 is 15.2 Å². The fourth-order valence-electron chi connectivity index (χ4n) is 2.20. The molecule has 0 aliphatic rings.